The van der Waals surface area contributed by atoms with Gasteiger partial charge < -0.3 is 10.1 Å². The Kier molecular flexibility index (Phi) is 6.87. The van der Waals surface area contributed by atoms with E-state index in [-0.39, 0.29) is 0 Å². The van der Waals surface area contributed by atoms with Crippen LogP contribution in [0.2, 0.25) is 5.02 Å². The molecular weight excluding hydrogens is 314 g/mol. The Morgan fingerprint density at radius 3 is 2.72 bits per heavy atom. The lowest BCUT2D eigenvalue weighted by molar-refractivity contribution is 0.413. The largest absolute Gasteiger partial charge is 0.493 e. The van der Waals surface area contributed by atoms with Crippen LogP contribution >= 0.6 is 27.5 Å². The van der Waals surface area contributed by atoms with E-state index < -0.39 is 0 Å². The molecular formula is C14H21BrClNO. The number of benzene rings is 1. The van der Waals surface area contributed by atoms with E-state index in [2.05, 4.69) is 35.1 Å². The summed E-state index contributed by atoms with van der Waals surface area (Å²) in [5.41, 5.74) is 0.945. The van der Waals surface area contributed by atoms with E-state index in [9.17, 15) is 0 Å². The molecule has 0 fully saturated rings. The maximum absolute atomic E-state index is 6.06. The molecule has 0 amide bonds. The molecule has 102 valence electrons. The van der Waals surface area contributed by atoms with E-state index in [0.717, 1.165) is 22.3 Å². The van der Waals surface area contributed by atoms with Crippen LogP contribution in [0.5, 0.6) is 5.75 Å². The van der Waals surface area contributed by atoms with Gasteiger partial charge in [-0.25, -0.2) is 0 Å². The number of ether oxygens (including phenoxy) is 1. The summed E-state index contributed by atoms with van der Waals surface area (Å²) in [4.78, 5) is 0. The van der Waals surface area contributed by atoms with Crippen LogP contribution in [0, 0.1) is 0 Å². The predicted molar refractivity (Wildman–Crippen MR) is 82.9 cm³/mol. The molecule has 1 N–H and O–H groups in total. The van der Waals surface area contributed by atoms with Crippen LogP contribution in [-0.4, -0.2) is 13.2 Å². The van der Waals surface area contributed by atoms with Gasteiger partial charge in [-0.2, -0.15) is 0 Å². The molecule has 4 heteroatoms. The van der Waals surface area contributed by atoms with E-state index in [1.54, 1.807) is 7.11 Å². The SMILES string of the molecule is CCCCCC(C)Nc1cc(Cl)cc(Br)c1OC. The number of methoxy groups -OCH3 is 1. The highest BCUT2D eigenvalue weighted by molar-refractivity contribution is 9.10. The van der Waals surface area contributed by atoms with Crippen molar-refractivity contribution in [1.82, 2.24) is 0 Å². The van der Waals surface area contributed by atoms with E-state index >= 15 is 0 Å². The van der Waals surface area contributed by atoms with Crippen LogP contribution in [0.3, 0.4) is 0 Å². The van der Waals surface area contributed by atoms with Crippen molar-refractivity contribution in [1.29, 1.82) is 0 Å². The van der Waals surface area contributed by atoms with Gasteiger partial charge in [0.2, 0.25) is 0 Å². The zero-order chi connectivity index (χ0) is 13.5. The van der Waals surface area contributed by atoms with E-state index in [4.69, 9.17) is 16.3 Å². The Hall–Kier alpha value is -0.410. The van der Waals surface area contributed by atoms with Crippen molar-refractivity contribution in [3.05, 3.63) is 21.6 Å². The summed E-state index contributed by atoms with van der Waals surface area (Å²) in [6.45, 7) is 4.40. The molecule has 0 spiro atoms. The number of unbranched alkanes of at least 4 members (excludes halogenated alkanes) is 2. The lowest BCUT2D eigenvalue weighted by Crippen LogP contribution is -2.15. The Balaban J connectivity index is 2.70. The smallest absolute Gasteiger partial charge is 0.156 e. The topological polar surface area (TPSA) is 21.3 Å². The van der Waals surface area contributed by atoms with E-state index in [1.807, 2.05) is 12.1 Å². The normalized spacial score (nSPS) is 12.3. The molecule has 0 aliphatic carbocycles. The zero-order valence-corrected chi connectivity index (χ0v) is 13.6. The Bertz CT molecular complexity index is 384. The average molecular weight is 335 g/mol. The van der Waals surface area contributed by atoms with Gasteiger partial charge in [0.25, 0.3) is 0 Å². The molecule has 18 heavy (non-hydrogen) atoms. The number of rotatable bonds is 7. The van der Waals surface area contributed by atoms with Crippen molar-refractivity contribution in [2.45, 2.75) is 45.6 Å². The first-order valence-electron chi connectivity index (χ1n) is 6.38. The third kappa shape index (κ3) is 4.69. The van der Waals surface area contributed by atoms with Crippen molar-refractivity contribution >= 4 is 33.2 Å². The second-order valence-corrected chi connectivity index (χ2v) is 5.80. The minimum Gasteiger partial charge on any atom is -0.493 e. The number of hydrogen-bond donors (Lipinski definition) is 1. The monoisotopic (exact) mass is 333 g/mol. The van der Waals surface area contributed by atoms with Gasteiger partial charge in [-0.15, -0.1) is 0 Å². The van der Waals surface area contributed by atoms with Crippen LogP contribution in [-0.2, 0) is 0 Å². The number of nitrogens with one attached hydrogen (secondary N) is 1. The fraction of sp³-hybridized carbons (Fsp3) is 0.571. The van der Waals surface area contributed by atoms with Gasteiger partial charge in [-0.3, -0.25) is 0 Å². The first-order chi connectivity index (χ1) is 8.58. The molecule has 1 atom stereocenters. The summed E-state index contributed by atoms with van der Waals surface area (Å²) in [5.74, 6) is 0.807. The molecule has 0 aromatic heterocycles. The molecule has 0 saturated heterocycles. The van der Waals surface area contributed by atoms with Gasteiger partial charge in [-0.05, 0) is 41.4 Å². The third-order valence-corrected chi connectivity index (χ3v) is 3.66. The van der Waals surface area contributed by atoms with Crippen LogP contribution < -0.4 is 10.1 Å². The van der Waals surface area contributed by atoms with Gasteiger partial charge in [-0.1, -0.05) is 37.8 Å². The highest BCUT2D eigenvalue weighted by Crippen LogP contribution is 2.36. The fourth-order valence-corrected chi connectivity index (χ4v) is 2.89. The average Bonchev–Trinajstić information content (AvgIpc) is 2.28. The van der Waals surface area contributed by atoms with Crippen molar-refractivity contribution in [2.24, 2.45) is 0 Å². The highest BCUT2D eigenvalue weighted by Gasteiger charge is 2.11. The molecule has 1 rings (SSSR count). The van der Waals surface area contributed by atoms with Crippen LogP contribution in [0.15, 0.2) is 16.6 Å². The van der Waals surface area contributed by atoms with Crippen LogP contribution in [0.1, 0.15) is 39.5 Å². The summed E-state index contributed by atoms with van der Waals surface area (Å²) < 4.78 is 6.27. The molecule has 0 heterocycles. The Morgan fingerprint density at radius 2 is 2.11 bits per heavy atom. The molecule has 0 bridgehead atoms. The van der Waals surface area contributed by atoms with Crippen molar-refractivity contribution in [3.8, 4) is 5.75 Å². The Labute approximate surface area is 123 Å². The summed E-state index contributed by atoms with van der Waals surface area (Å²) in [7, 11) is 1.67. The lowest BCUT2D eigenvalue weighted by Gasteiger charge is -2.18. The Morgan fingerprint density at radius 1 is 1.39 bits per heavy atom. The third-order valence-electron chi connectivity index (χ3n) is 2.86. The molecule has 0 aliphatic rings. The second-order valence-electron chi connectivity index (χ2n) is 4.51. The van der Waals surface area contributed by atoms with Gasteiger partial charge in [0.05, 0.1) is 17.3 Å². The first kappa shape index (κ1) is 15.6. The first-order valence-corrected chi connectivity index (χ1v) is 7.55. The predicted octanol–water partition coefficient (Wildman–Crippen LogP) is 5.49. The molecule has 0 aliphatic heterocycles. The standard InChI is InChI=1S/C14H21BrClNO/c1-4-5-6-7-10(2)17-13-9-11(16)8-12(15)14(13)18-3/h8-10,17H,4-7H2,1-3H3. The molecule has 1 aromatic carbocycles. The molecule has 1 unspecified atom stereocenters. The minimum absolute atomic E-state index is 0.413. The van der Waals surface area contributed by atoms with Gasteiger partial charge in [0, 0.05) is 11.1 Å². The quantitative estimate of drug-likeness (QED) is 0.665. The molecule has 1 aromatic rings. The molecule has 2 nitrogen and oxygen atoms in total. The highest BCUT2D eigenvalue weighted by atomic mass is 79.9. The van der Waals surface area contributed by atoms with Crippen molar-refractivity contribution in [3.63, 3.8) is 0 Å². The number of hydrogen-bond acceptors (Lipinski definition) is 2. The maximum Gasteiger partial charge on any atom is 0.156 e. The molecule has 0 saturated carbocycles. The number of halogens is 2. The molecule has 0 radical (unpaired) electrons. The zero-order valence-electron chi connectivity index (χ0n) is 11.2. The van der Waals surface area contributed by atoms with Crippen LogP contribution in [0.25, 0.3) is 0 Å². The van der Waals surface area contributed by atoms with Gasteiger partial charge in [0.15, 0.2) is 5.75 Å². The van der Waals surface area contributed by atoms with Gasteiger partial charge in [0.1, 0.15) is 0 Å². The maximum atomic E-state index is 6.06. The van der Waals surface area contributed by atoms with E-state index in [1.165, 1.54) is 19.3 Å². The minimum atomic E-state index is 0.413. The van der Waals surface area contributed by atoms with Gasteiger partial charge >= 0.3 is 0 Å². The summed E-state index contributed by atoms with van der Waals surface area (Å²) in [5, 5.41) is 4.16. The fourth-order valence-electron chi connectivity index (χ4n) is 1.91. The van der Waals surface area contributed by atoms with Crippen LogP contribution in [0.4, 0.5) is 5.69 Å². The van der Waals surface area contributed by atoms with Crippen molar-refractivity contribution in [2.75, 3.05) is 12.4 Å². The summed E-state index contributed by atoms with van der Waals surface area (Å²) in [6, 6.07) is 4.16. The second kappa shape index (κ2) is 7.90. The van der Waals surface area contributed by atoms with Crippen molar-refractivity contribution < 1.29 is 4.74 Å². The lowest BCUT2D eigenvalue weighted by atomic mass is 10.1. The summed E-state index contributed by atoms with van der Waals surface area (Å²) >= 11 is 9.53. The van der Waals surface area contributed by atoms with E-state index in [0.29, 0.717) is 11.1 Å². The number of anilines is 1. The summed E-state index contributed by atoms with van der Waals surface area (Å²) in [6.07, 6.45) is 4.93.